The number of fused-ring (bicyclic) bond motifs is 6. The molecule has 0 aromatic heterocycles. The van der Waals surface area contributed by atoms with Gasteiger partial charge in [0.2, 0.25) is 0 Å². The Hall–Kier alpha value is -1.60. The first-order valence-electron chi connectivity index (χ1n) is 16.6. The molecule has 4 aliphatic carbocycles. The first-order valence-corrected chi connectivity index (χ1v) is 16.6. The van der Waals surface area contributed by atoms with Crippen molar-refractivity contribution < 1.29 is 4.74 Å². The normalized spacial score (nSPS) is 36.8. The van der Waals surface area contributed by atoms with Crippen LogP contribution in [0.5, 0.6) is 0 Å². The molecule has 4 unspecified atom stereocenters. The van der Waals surface area contributed by atoms with E-state index in [0.717, 1.165) is 48.5 Å². The Kier molecular flexibility index (Phi) is 7.77. The Balaban J connectivity index is 1.10. The second kappa shape index (κ2) is 11.0. The highest BCUT2D eigenvalue weighted by molar-refractivity contribution is 5.82. The second-order valence-electron chi connectivity index (χ2n) is 15.1. The van der Waals surface area contributed by atoms with Crippen LogP contribution in [-0.4, -0.2) is 6.10 Å². The molecule has 0 spiro atoms. The van der Waals surface area contributed by atoms with Gasteiger partial charge in [-0.2, -0.15) is 0 Å². The smallest absolute Gasteiger partial charge is 0.0721 e. The molecule has 0 radical (unpaired) electrons. The van der Waals surface area contributed by atoms with Gasteiger partial charge in [-0.1, -0.05) is 102 Å². The highest BCUT2D eigenvalue weighted by atomic mass is 16.5. The monoisotopic (exact) mass is 526 g/mol. The van der Waals surface area contributed by atoms with Crippen molar-refractivity contribution in [3.8, 4) is 0 Å². The van der Waals surface area contributed by atoms with Gasteiger partial charge in [-0.15, -0.1) is 0 Å². The number of hydrogen-bond donors (Lipinski definition) is 0. The summed E-state index contributed by atoms with van der Waals surface area (Å²) in [6.45, 7) is 13.5. The summed E-state index contributed by atoms with van der Waals surface area (Å²) in [5, 5.41) is 2.63. The first kappa shape index (κ1) is 27.6. The largest absolute Gasteiger partial charge is 0.373 e. The van der Waals surface area contributed by atoms with Gasteiger partial charge in [0.15, 0.2) is 0 Å². The maximum atomic E-state index is 6.58. The fourth-order valence-electron chi connectivity index (χ4n) is 10.3. The zero-order chi connectivity index (χ0) is 27.2. The Morgan fingerprint density at radius 1 is 0.872 bits per heavy atom. The molecule has 0 amide bonds. The van der Waals surface area contributed by atoms with Gasteiger partial charge < -0.3 is 4.74 Å². The lowest BCUT2D eigenvalue weighted by Gasteiger charge is -2.58. The summed E-state index contributed by atoms with van der Waals surface area (Å²) in [4.78, 5) is 0. The Morgan fingerprint density at radius 3 is 2.51 bits per heavy atom. The highest BCUT2D eigenvalue weighted by Gasteiger charge is 2.59. The van der Waals surface area contributed by atoms with Gasteiger partial charge >= 0.3 is 0 Å². The van der Waals surface area contributed by atoms with Crippen LogP contribution in [0.1, 0.15) is 111 Å². The summed E-state index contributed by atoms with van der Waals surface area (Å²) < 4.78 is 6.58. The fourth-order valence-corrected chi connectivity index (χ4v) is 10.3. The molecule has 1 nitrogen and oxygen atoms in total. The van der Waals surface area contributed by atoms with Crippen LogP contribution in [0.25, 0.3) is 10.8 Å². The summed E-state index contributed by atoms with van der Waals surface area (Å²) >= 11 is 0. The van der Waals surface area contributed by atoms with Crippen molar-refractivity contribution >= 4 is 10.8 Å². The van der Waals surface area contributed by atoms with E-state index in [0.29, 0.717) is 16.9 Å². The third kappa shape index (κ3) is 5.16. The van der Waals surface area contributed by atoms with E-state index in [1.54, 1.807) is 5.57 Å². The summed E-state index contributed by atoms with van der Waals surface area (Å²) in [6, 6.07) is 15.5. The molecule has 4 aliphatic rings. The summed E-state index contributed by atoms with van der Waals surface area (Å²) in [5.41, 5.74) is 4.05. The Morgan fingerprint density at radius 2 is 1.69 bits per heavy atom. The fraction of sp³-hybridized carbons (Fsp3) is 0.684. The second-order valence-corrected chi connectivity index (χ2v) is 15.1. The molecular weight excluding hydrogens is 472 g/mol. The van der Waals surface area contributed by atoms with E-state index in [4.69, 9.17) is 4.74 Å². The zero-order valence-corrected chi connectivity index (χ0v) is 25.6. The average Bonchev–Trinajstić information content (AvgIpc) is 3.29. The summed E-state index contributed by atoms with van der Waals surface area (Å²) in [5.74, 6) is 5.46. The topological polar surface area (TPSA) is 9.23 Å². The molecule has 0 bridgehead atoms. The lowest BCUT2D eigenvalue weighted by Crippen LogP contribution is -2.51. The van der Waals surface area contributed by atoms with Crippen LogP contribution in [0.3, 0.4) is 0 Å². The zero-order valence-electron chi connectivity index (χ0n) is 25.6. The number of allylic oxidation sites excluding steroid dienone is 1. The summed E-state index contributed by atoms with van der Waals surface area (Å²) in [7, 11) is 0. The quantitative estimate of drug-likeness (QED) is 0.311. The van der Waals surface area contributed by atoms with Crippen LogP contribution in [0.15, 0.2) is 54.1 Å². The van der Waals surface area contributed by atoms with Crippen LogP contribution in [0, 0.1) is 46.3 Å². The Bertz CT molecular complexity index is 1180. The molecule has 3 saturated carbocycles. The van der Waals surface area contributed by atoms with Crippen molar-refractivity contribution in [2.24, 2.45) is 46.3 Å². The molecule has 0 N–H and O–H groups in total. The van der Waals surface area contributed by atoms with Gasteiger partial charge in [0.25, 0.3) is 0 Å². The molecule has 0 saturated heterocycles. The van der Waals surface area contributed by atoms with Crippen LogP contribution >= 0.6 is 0 Å². The van der Waals surface area contributed by atoms with Gasteiger partial charge in [0.1, 0.15) is 0 Å². The van der Waals surface area contributed by atoms with E-state index in [-0.39, 0.29) is 0 Å². The Labute approximate surface area is 239 Å². The number of ether oxygens (including phenoxy) is 1. The molecule has 8 atom stereocenters. The van der Waals surface area contributed by atoms with Crippen molar-refractivity contribution in [1.82, 2.24) is 0 Å². The predicted molar refractivity (Wildman–Crippen MR) is 166 cm³/mol. The van der Waals surface area contributed by atoms with Gasteiger partial charge in [0.05, 0.1) is 12.7 Å². The molecule has 2 aromatic rings. The third-order valence-electron chi connectivity index (χ3n) is 12.6. The van der Waals surface area contributed by atoms with Crippen molar-refractivity contribution in [3.05, 3.63) is 59.7 Å². The van der Waals surface area contributed by atoms with Gasteiger partial charge in [-0.3, -0.25) is 0 Å². The van der Waals surface area contributed by atoms with E-state index < -0.39 is 0 Å². The molecule has 3 fully saturated rings. The van der Waals surface area contributed by atoms with Gasteiger partial charge in [-0.05, 0) is 120 Å². The van der Waals surface area contributed by atoms with Crippen LogP contribution < -0.4 is 0 Å². The maximum Gasteiger partial charge on any atom is 0.0721 e. The van der Waals surface area contributed by atoms with Crippen LogP contribution in [0.2, 0.25) is 0 Å². The highest BCUT2D eigenvalue weighted by Crippen LogP contribution is 2.67. The van der Waals surface area contributed by atoms with Crippen molar-refractivity contribution in [3.63, 3.8) is 0 Å². The molecule has 2 aromatic carbocycles. The van der Waals surface area contributed by atoms with Crippen molar-refractivity contribution in [1.29, 1.82) is 0 Å². The predicted octanol–water partition coefficient (Wildman–Crippen LogP) is 10.8. The molecule has 0 aliphatic heterocycles. The average molecular weight is 527 g/mol. The summed E-state index contributed by atoms with van der Waals surface area (Å²) in [6.07, 6.45) is 18.3. The first-order chi connectivity index (χ1) is 18.8. The van der Waals surface area contributed by atoms with Crippen molar-refractivity contribution in [2.75, 3.05) is 0 Å². The van der Waals surface area contributed by atoms with E-state index in [2.05, 4.69) is 83.2 Å². The lowest BCUT2D eigenvalue weighted by molar-refractivity contribution is -0.0656. The number of benzene rings is 2. The molecule has 0 heterocycles. The number of rotatable bonds is 8. The lowest BCUT2D eigenvalue weighted by atomic mass is 9.47. The minimum atomic E-state index is 0.378. The minimum absolute atomic E-state index is 0.378. The van der Waals surface area contributed by atoms with E-state index >= 15 is 0 Å². The van der Waals surface area contributed by atoms with Gasteiger partial charge in [0, 0.05) is 0 Å². The SMILES string of the molecule is CC(C)CCCC(C)[C@H]1CCC2C3CC=C4C[C@@H](OCc5ccc6ccccc6c5)CC[C@]4(C)C3CC[C@@]21C. The molecule has 39 heavy (non-hydrogen) atoms. The number of hydrogen-bond acceptors (Lipinski definition) is 1. The van der Waals surface area contributed by atoms with Crippen molar-refractivity contribution in [2.45, 2.75) is 118 Å². The molecule has 6 rings (SSSR count). The van der Waals surface area contributed by atoms with Crippen LogP contribution in [-0.2, 0) is 11.3 Å². The van der Waals surface area contributed by atoms with Crippen LogP contribution in [0.4, 0.5) is 0 Å². The molecule has 1 heteroatoms. The minimum Gasteiger partial charge on any atom is -0.373 e. The van der Waals surface area contributed by atoms with Gasteiger partial charge in [-0.25, -0.2) is 0 Å². The maximum absolute atomic E-state index is 6.58. The standard InChI is InChI=1S/C38H54O/c1-26(2)9-8-10-27(3)34-17-18-35-33-16-15-31-24-32(19-21-37(31,4)36(33)20-22-38(34,35)5)39-25-28-13-14-29-11-6-7-12-30(29)23-28/h6-7,11-15,23,26-27,32-36H,8-10,16-22,24-25H2,1-5H3/t27?,32-,33?,34+,35?,36?,37-,38+/m0/s1. The van der Waals surface area contributed by atoms with E-state index in [9.17, 15) is 0 Å². The molecular formula is C38H54O. The van der Waals surface area contributed by atoms with E-state index in [1.165, 1.54) is 80.5 Å². The van der Waals surface area contributed by atoms with E-state index in [1.807, 2.05) is 0 Å². The third-order valence-corrected chi connectivity index (χ3v) is 12.6. The molecule has 212 valence electrons.